The zero-order chi connectivity index (χ0) is 11.8. The van der Waals surface area contributed by atoms with Gasteiger partial charge < -0.3 is 10.2 Å². The van der Waals surface area contributed by atoms with Gasteiger partial charge in [-0.1, -0.05) is 32.9 Å². The van der Waals surface area contributed by atoms with Crippen LogP contribution >= 0.6 is 0 Å². The summed E-state index contributed by atoms with van der Waals surface area (Å²) >= 11 is 0. The number of rotatable bonds is 0. The van der Waals surface area contributed by atoms with Gasteiger partial charge in [0, 0.05) is 18.5 Å². The Kier molecular flexibility index (Phi) is 2.62. The molecule has 0 saturated carbocycles. The predicted octanol–water partition coefficient (Wildman–Crippen LogP) is 2.49. The standard InChI is InChI=1S/C13H18N2O/c1-13(2,3)12(16)15-9-8-14-10-6-4-5-7-11(10)15/h4-7,14H,8-9H2,1-3H3. The normalized spacial score (nSPS) is 15.3. The quantitative estimate of drug-likeness (QED) is 0.725. The minimum atomic E-state index is -0.329. The van der Waals surface area contributed by atoms with Crippen molar-refractivity contribution in [2.75, 3.05) is 23.3 Å². The summed E-state index contributed by atoms with van der Waals surface area (Å²) in [6.45, 7) is 7.44. The Hall–Kier alpha value is -1.51. The molecule has 0 aliphatic carbocycles. The van der Waals surface area contributed by atoms with Gasteiger partial charge in [-0.3, -0.25) is 4.79 Å². The van der Waals surface area contributed by atoms with Crippen molar-refractivity contribution in [1.29, 1.82) is 0 Å². The van der Waals surface area contributed by atoms with Crippen LogP contribution in [0.5, 0.6) is 0 Å². The molecule has 0 spiro atoms. The van der Waals surface area contributed by atoms with Crippen molar-refractivity contribution in [1.82, 2.24) is 0 Å². The summed E-state index contributed by atoms with van der Waals surface area (Å²) in [5.41, 5.74) is 1.71. The van der Waals surface area contributed by atoms with Crippen molar-refractivity contribution in [3.63, 3.8) is 0 Å². The summed E-state index contributed by atoms with van der Waals surface area (Å²) in [5, 5.41) is 3.31. The van der Waals surface area contributed by atoms with Gasteiger partial charge in [0.15, 0.2) is 0 Å². The molecule has 1 heterocycles. The lowest BCUT2D eigenvalue weighted by Gasteiger charge is -2.34. The van der Waals surface area contributed by atoms with Crippen LogP contribution in [-0.4, -0.2) is 19.0 Å². The molecule has 1 aromatic rings. The summed E-state index contributed by atoms with van der Waals surface area (Å²) in [6.07, 6.45) is 0. The largest absolute Gasteiger partial charge is 0.382 e. The van der Waals surface area contributed by atoms with Gasteiger partial charge in [0.05, 0.1) is 11.4 Å². The number of carbonyl (C=O) groups excluding carboxylic acids is 1. The van der Waals surface area contributed by atoms with E-state index < -0.39 is 0 Å². The second-order valence-corrected chi connectivity index (χ2v) is 5.15. The Morgan fingerprint density at radius 3 is 2.69 bits per heavy atom. The van der Waals surface area contributed by atoms with Crippen molar-refractivity contribution in [3.05, 3.63) is 24.3 Å². The Bertz CT molecular complexity index is 407. The Morgan fingerprint density at radius 1 is 1.31 bits per heavy atom. The minimum absolute atomic E-state index is 0.182. The zero-order valence-electron chi connectivity index (χ0n) is 10.1. The monoisotopic (exact) mass is 218 g/mol. The molecule has 3 heteroatoms. The first kappa shape index (κ1) is 11.0. The van der Waals surface area contributed by atoms with Crippen molar-refractivity contribution in [2.45, 2.75) is 20.8 Å². The predicted molar refractivity (Wildman–Crippen MR) is 66.7 cm³/mol. The van der Waals surface area contributed by atoms with Crippen LogP contribution in [0.15, 0.2) is 24.3 Å². The summed E-state index contributed by atoms with van der Waals surface area (Å²) < 4.78 is 0. The molecule has 1 aliphatic heterocycles. The molecular formula is C13H18N2O. The van der Waals surface area contributed by atoms with Crippen molar-refractivity contribution in [2.24, 2.45) is 5.41 Å². The number of anilines is 2. The molecule has 1 amide bonds. The number of nitrogens with zero attached hydrogens (tertiary/aromatic N) is 1. The molecule has 0 fully saturated rings. The Balaban J connectivity index is 2.36. The van der Waals surface area contributed by atoms with Crippen molar-refractivity contribution in [3.8, 4) is 0 Å². The van der Waals surface area contributed by atoms with Crippen molar-refractivity contribution < 1.29 is 4.79 Å². The van der Waals surface area contributed by atoms with Crippen molar-refractivity contribution >= 4 is 17.3 Å². The molecule has 86 valence electrons. The fraction of sp³-hybridized carbons (Fsp3) is 0.462. The van der Waals surface area contributed by atoms with E-state index in [2.05, 4.69) is 5.32 Å². The van der Waals surface area contributed by atoms with Crippen LogP contribution in [0.2, 0.25) is 0 Å². The van der Waals surface area contributed by atoms with Crippen LogP contribution < -0.4 is 10.2 Å². The maximum absolute atomic E-state index is 12.3. The van der Waals surface area contributed by atoms with E-state index in [1.165, 1.54) is 0 Å². The number of benzene rings is 1. The summed E-state index contributed by atoms with van der Waals surface area (Å²) in [5.74, 6) is 0.182. The third-order valence-electron chi connectivity index (χ3n) is 2.73. The van der Waals surface area contributed by atoms with E-state index in [9.17, 15) is 4.79 Å². The molecule has 0 saturated heterocycles. The van der Waals surface area contributed by atoms with Gasteiger partial charge in [0.1, 0.15) is 0 Å². The van der Waals surface area contributed by atoms with E-state index in [0.717, 1.165) is 24.5 Å². The highest BCUT2D eigenvalue weighted by molar-refractivity contribution is 6.00. The van der Waals surface area contributed by atoms with Crippen LogP contribution in [0.25, 0.3) is 0 Å². The van der Waals surface area contributed by atoms with E-state index in [1.54, 1.807) is 0 Å². The summed E-state index contributed by atoms with van der Waals surface area (Å²) in [4.78, 5) is 14.2. The van der Waals surface area contributed by atoms with Gasteiger partial charge in [0.25, 0.3) is 0 Å². The molecule has 0 radical (unpaired) electrons. The third kappa shape index (κ3) is 1.90. The van der Waals surface area contributed by atoms with Gasteiger partial charge >= 0.3 is 0 Å². The molecular weight excluding hydrogens is 200 g/mol. The number of para-hydroxylation sites is 2. The van der Waals surface area contributed by atoms with E-state index in [1.807, 2.05) is 49.9 Å². The van der Waals surface area contributed by atoms with Crippen LogP contribution in [-0.2, 0) is 4.79 Å². The zero-order valence-corrected chi connectivity index (χ0v) is 10.1. The van der Waals surface area contributed by atoms with Crippen LogP contribution in [0.1, 0.15) is 20.8 Å². The van der Waals surface area contributed by atoms with Gasteiger partial charge in [-0.15, -0.1) is 0 Å². The smallest absolute Gasteiger partial charge is 0.232 e. The molecule has 16 heavy (non-hydrogen) atoms. The SMILES string of the molecule is CC(C)(C)C(=O)N1CCNc2ccccc21. The molecule has 1 aliphatic rings. The van der Waals surface area contributed by atoms with E-state index in [-0.39, 0.29) is 11.3 Å². The average molecular weight is 218 g/mol. The van der Waals surface area contributed by atoms with Crippen LogP contribution in [0, 0.1) is 5.41 Å². The second kappa shape index (κ2) is 3.81. The molecule has 0 bridgehead atoms. The molecule has 1 N–H and O–H groups in total. The molecule has 1 aromatic carbocycles. The molecule has 2 rings (SSSR count). The van der Waals surface area contributed by atoms with E-state index in [4.69, 9.17) is 0 Å². The number of fused-ring (bicyclic) bond motifs is 1. The fourth-order valence-electron chi connectivity index (χ4n) is 1.90. The molecule has 3 nitrogen and oxygen atoms in total. The lowest BCUT2D eigenvalue weighted by atomic mass is 9.94. The number of amides is 1. The van der Waals surface area contributed by atoms with Gasteiger partial charge in [-0.05, 0) is 12.1 Å². The third-order valence-corrected chi connectivity index (χ3v) is 2.73. The van der Waals surface area contributed by atoms with Gasteiger partial charge in [-0.2, -0.15) is 0 Å². The average Bonchev–Trinajstić information content (AvgIpc) is 2.26. The number of carbonyl (C=O) groups is 1. The lowest BCUT2D eigenvalue weighted by Crippen LogP contribution is -2.44. The van der Waals surface area contributed by atoms with Gasteiger partial charge in [0.2, 0.25) is 5.91 Å². The van der Waals surface area contributed by atoms with E-state index in [0.29, 0.717) is 0 Å². The highest BCUT2D eigenvalue weighted by Gasteiger charge is 2.30. The topological polar surface area (TPSA) is 32.3 Å². The molecule has 0 aromatic heterocycles. The fourth-order valence-corrected chi connectivity index (χ4v) is 1.90. The first-order chi connectivity index (χ1) is 7.50. The van der Waals surface area contributed by atoms with Gasteiger partial charge in [-0.25, -0.2) is 0 Å². The molecule has 0 atom stereocenters. The first-order valence-corrected chi connectivity index (χ1v) is 5.65. The summed E-state index contributed by atoms with van der Waals surface area (Å²) in [7, 11) is 0. The number of hydrogen-bond donors (Lipinski definition) is 1. The van der Waals surface area contributed by atoms with Crippen LogP contribution in [0.3, 0.4) is 0 Å². The summed E-state index contributed by atoms with van der Waals surface area (Å²) in [6, 6.07) is 7.95. The van der Waals surface area contributed by atoms with Crippen LogP contribution in [0.4, 0.5) is 11.4 Å². The Morgan fingerprint density at radius 2 is 2.00 bits per heavy atom. The number of hydrogen-bond acceptors (Lipinski definition) is 2. The lowest BCUT2D eigenvalue weighted by molar-refractivity contribution is -0.125. The highest BCUT2D eigenvalue weighted by atomic mass is 16.2. The minimum Gasteiger partial charge on any atom is -0.382 e. The first-order valence-electron chi connectivity index (χ1n) is 5.65. The maximum Gasteiger partial charge on any atom is 0.232 e. The number of nitrogens with one attached hydrogen (secondary N) is 1. The Labute approximate surface area is 96.5 Å². The second-order valence-electron chi connectivity index (χ2n) is 5.15. The highest BCUT2D eigenvalue weighted by Crippen LogP contribution is 2.31. The molecule has 0 unspecified atom stereocenters. The maximum atomic E-state index is 12.3. The van der Waals surface area contributed by atoms with E-state index >= 15 is 0 Å².